The Morgan fingerprint density at radius 1 is 1.20 bits per heavy atom. The monoisotopic (exact) mass is 273 g/mol. The smallest absolute Gasteiger partial charge is 0.260 e. The Labute approximate surface area is 118 Å². The molecule has 2 fully saturated rings. The number of ether oxygens (including phenoxy) is 1. The van der Waals surface area contributed by atoms with Gasteiger partial charge in [0.2, 0.25) is 5.91 Å². The zero-order valence-electron chi connectivity index (χ0n) is 11.7. The maximum atomic E-state index is 12.6. The number of nitrogens with zero attached hydrogens (tertiary/aromatic N) is 1. The van der Waals surface area contributed by atoms with Gasteiger partial charge in [0.1, 0.15) is 5.75 Å². The number of carbonyl (C=O) groups is 2. The molecule has 1 aliphatic carbocycles. The summed E-state index contributed by atoms with van der Waals surface area (Å²) in [6.07, 6.45) is 4.66. The first-order chi connectivity index (χ1) is 9.70. The third-order valence-corrected chi connectivity index (χ3v) is 4.50. The summed E-state index contributed by atoms with van der Waals surface area (Å²) in [6, 6.07) is 7.09. The Kier molecular flexibility index (Phi) is 3.47. The number of piperidine rings is 1. The third kappa shape index (κ3) is 2.19. The van der Waals surface area contributed by atoms with Crippen LogP contribution in [-0.4, -0.2) is 29.9 Å². The van der Waals surface area contributed by atoms with Crippen molar-refractivity contribution in [3.05, 3.63) is 29.8 Å². The van der Waals surface area contributed by atoms with Gasteiger partial charge in [-0.2, -0.15) is 0 Å². The Morgan fingerprint density at radius 2 is 1.95 bits per heavy atom. The predicted octanol–water partition coefficient (Wildman–Crippen LogP) is 2.63. The summed E-state index contributed by atoms with van der Waals surface area (Å²) in [7, 11) is 1.59. The number of imide groups is 1. The molecule has 106 valence electrons. The van der Waals surface area contributed by atoms with Crippen LogP contribution in [0.25, 0.3) is 0 Å². The molecule has 2 atom stereocenters. The molecule has 0 bridgehead atoms. The maximum absolute atomic E-state index is 12.6. The summed E-state index contributed by atoms with van der Waals surface area (Å²) in [4.78, 5) is 26.3. The number of hydrogen-bond acceptors (Lipinski definition) is 3. The molecule has 4 heteroatoms. The summed E-state index contributed by atoms with van der Waals surface area (Å²) < 4.78 is 5.09. The molecule has 20 heavy (non-hydrogen) atoms. The molecule has 1 heterocycles. The van der Waals surface area contributed by atoms with Gasteiger partial charge in [-0.1, -0.05) is 6.42 Å². The number of amides is 2. The van der Waals surface area contributed by atoms with E-state index in [1.165, 1.54) is 4.90 Å². The van der Waals surface area contributed by atoms with Crippen LogP contribution in [0.5, 0.6) is 5.75 Å². The molecular formula is C16H19NO3. The van der Waals surface area contributed by atoms with Crippen molar-refractivity contribution in [3.63, 3.8) is 0 Å². The minimum Gasteiger partial charge on any atom is -0.497 e. The van der Waals surface area contributed by atoms with E-state index in [9.17, 15) is 9.59 Å². The lowest BCUT2D eigenvalue weighted by Crippen LogP contribution is -2.49. The molecule has 0 aromatic heterocycles. The van der Waals surface area contributed by atoms with Crippen LogP contribution in [0.15, 0.2) is 24.3 Å². The fraction of sp³-hybridized carbons (Fsp3) is 0.500. The van der Waals surface area contributed by atoms with Gasteiger partial charge in [-0.25, -0.2) is 0 Å². The van der Waals surface area contributed by atoms with Gasteiger partial charge in [0.25, 0.3) is 5.91 Å². The van der Waals surface area contributed by atoms with Gasteiger partial charge >= 0.3 is 0 Å². The minimum absolute atomic E-state index is 0.0195. The van der Waals surface area contributed by atoms with E-state index in [1.54, 1.807) is 31.4 Å². The van der Waals surface area contributed by atoms with E-state index < -0.39 is 0 Å². The van der Waals surface area contributed by atoms with Gasteiger partial charge in [-0.3, -0.25) is 14.5 Å². The zero-order valence-corrected chi connectivity index (χ0v) is 11.7. The molecule has 2 amide bonds. The van der Waals surface area contributed by atoms with Crippen molar-refractivity contribution in [1.29, 1.82) is 0 Å². The van der Waals surface area contributed by atoms with Crippen LogP contribution in [0.1, 0.15) is 42.5 Å². The Balaban J connectivity index is 1.85. The van der Waals surface area contributed by atoms with E-state index in [-0.39, 0.29) is 17.9 Å². The number of carbonyl (C=O) groups excluding carboxylic acids is 2. The summed E-state index contributed by atoms with van der Waals surface area (Å²) in [5.41, 5.74) is 0.562. The van der Waals surface area contributed by atoms with Crippen molar-refractivity contribution in [2.75, 3.05) is 7.11 Å². The molecule has 0 radical (unpaired) electrons. The summed E-state index contributed by atoms with van der Waals surface area (Å²) in [6.45, 7) is 0. The van der Waals surface area contributed by atoms with Crippen molar-refractivity contribution in [2.24, 2.45) is 5.92 Å². The Hall–Kier alpha value is -1.84. The number of fused-ring (bicyclic) bond motifs is 1. The molecule has 1 aliphatic heterocycles. The Bertz CT molecular complexity index is 523. The van der Waals surface area contributed by atoms with Crippen molar-refractivity contribution < 1.29 is 14.3 Å². The fourth-order valence-electron chi connectivity index (χ4n) is 3.44. The van der Waals surface area contributed by atoms with E-state index in [2.05, 4.69) is 0 Å². The van der Waals surface area contributed by atoms with Gasteiger partial charge in [0, 0.05) is 18.0 Å². The van der Waals surface area contributed by atoms with Gasteiger partial charge < -0.3 is 4.74 Å². The fourth-order valence-corrected chi connectivity index (χ4v) is 3.44. The largest absolute Gasteiger partial charge is 0.497 e. The number of likely N-dealkylation sites (tertiary alicyclic amines) is 1. The number of benzene rings is 1. The summed E-state index contributed by atoms with van der Waals surface area (Å²) >= 11 is 0. The normalized spacial score (nSPS) is 25.4. The second-order valence-corrected chi connectivity index (χ2v) is 5.59. The standard InChI is InChI=1S/C16H19NO3/c1-20-13-8-5-12(6-9-13)16(19)17-14-4-2-3-11(14)7-10-15(17)18/h5-6,8-9,11,14H,2-4,7,10H2,1H3. The quantitative estimate of drug-likeness (QED) is 0.778. The van der Waals surface area contributed by atoms with Crippen molar-refractivity contribution in [1.82, 2.24) is 4.90 Å². The minimum atomic E-state index is -0.158. The summed E-state index contributed by atoms with van der Waals surface area (Å²) in [5, 5.41) is 0. The van der Waals surface area contributed by atoms with E-state index in [4.69, 9.17) is 4.74 Å². The van der Waals surface area contributed by atoms with Crippen molar-refractivity contribution >= 4 is 11.8 Å². The van der Waals surface area contributed by atoms with Gasteiger partial charge in [-0.15, -0.1) is 0 Å². The van der Waals surface area contributed by atoms with Gasteiger partial charge in [0.05, 0.1) is 7.11 Å². The molecule has 3 rings (SSSR count). The van der Waals surface area contributed by atoms with Gasteiger partial charge in [-0.05, 0) is 49.4 Å². The lowest BCUT2D eigenvalue weighted by Gasteiger charge is -2.36. The van der Waals surface area contributed by atoms with Crippen LogP contribution in [0.4, 0.5) is 0 Å². The third-order valence-electron chi connectivity index (χ3n) is 4.50. The highest BCUT2D eigenvalue weighted by atomic mass is 16.5. The molecule has 1 saturated heterocycles. The first-order valence-electron chi connectivity index (χ1n) is 7.21. The molecule has 1 aromatic carbocycles. The molecular weight excluding hydrogens is 254 g/mol. The van der Waals surface area contributed by atoms with Crippen LogP contribution in [0, 0.1) is 5.92 Å². The van der Waals surface area contributed by atoms with E-state index in [0.717, 1.165) is 25.7 Å². The molecule has 0 N–H and O–H groups in total. The average Bonchev–Trinajstić information content (AvgIpc) is 2.95. The first-order valence-corrected chi connectivity index (χ1v) is 7.21. The number of hydrogen-bond donors (Lipinski definition) is 0. The molecule has 4 nitrogen and oxygen atoms in total. The van der Waals surface area contributed by atoms with Crippen molar-refractivity contribution in [2.45, 2.75) is 38.1 Å². The van der Waals surface area contributed by atoms with Crippen molar-refractivity contribution in [3.8, 4) is 5.75 Å². The van der Waals surface area contributed by atoms with Crippen LogP contribution in [-0.2, 0) is 4.79 Å². The predicted molar refractivity (Wildman–Crippen MR) is 74.5 cm³/mol. The molecule has 2 aliphatic rings. The zero-order chi connectivity index (χ0) is 14.1. The second-order valence-electron chi connectivity index (χ2n) is 5.59. The highest BCUT2D eigenvalue weighted by molar-refractivity contribution is 6.05. The van der Waals surface area contributed by atoms with Crippen LogP contribution >= 0.6 is 0 Å². The lowest BCUT2D eigenvalue weighted by molar-refractivity contribution is -0.134. The van der Waals surface area contributed by atoms with Crippen LogP contribution in [0.2, 0.25) is 0 Å². The highest BCUT2D eigenvalue weighted by Gasteiger charge is 2.41. The topological polar surface area (TPSA) is 46.6 Å². The molecule has 0 spiro atoms. The lowest BCUT2D eigenvalue weighted by atomic mass is 9.91. The number of methoxy groups -OCH3 is 1. The Morgan fingerprint density at radius 3 is 2.65 bits per heavy atom. The van der Waals surface area contributed by atoms with Crippen LogP contribution < -0.4 is 4.74 Å². The molecule has 1 saturated carbocycles. The van der Waals surface area contributed by atoms with E-state index >= 15 is 0 Å². The van der Waals surface area contributed by atoms with Crippen LogP contribution in [0.3, 0.4) is 0 Å². The highest BCUT2D eigenvalue weighted by Crippen LogP contribution is 2.38. The number of rotatable bonds is 2. The van der Waals surface area contributed by atoms with E-state index in [0.29, 0.717) is 23.7 Å². The SMILES string of the molecule is COc1ccc(C(=O)N2C(=O)CCC3CCCC32)cc1. The second kappa shape index (κ2) is 5.27. The first kappa shape index (κ1) is 13.2. The molecule has 2 unspecified atom stereocenters. The molecule has 1 aromatic rings. The average molecular weight is 273 g/mol. The summed E-state index contributed by atoms with van der Waals surface area (Å²) in [5.74, 6) is 1.04. The van der Waals surface area contributed by atoms with E-state index in [1.807, 2.05) is 0 Å². The maximum Gasteiger partial charge on any atom is 0.260 e. The van der Waals surface area contributed by atoms with Gasteiger partial charge in [0.15, 0.2) is 0 Å².